The predicted octanol–water partition coefficient (Wildman–Crippen LogP) is 7.35. The van der Waals surface area contributed by atoms with Crippen molar-refractivity contribution in [2.24, 2.45) is 0 Å². The van der Waals surface area contributed by atoms with Crippen molar-refractivity contribution in [3.05, 3.63) is 95.1 Å². The minimum Gasteiger partial charge on any atom is -0.375 e. The molecule has 0 N–H and O–H groups in total. The molecule has 0 saturated carbocycles. The number of anilines is 2. The van der Waals surface area contributed by atoms with Crippen molar-refractivity contribution >= 4 is 48.3 Å². The van der Waals surface area contributed by atoms with Crippen molar-refractivity contribution in [3.8, 4) is 0 Å². The van der Waals surface area contributed by atoms with Gasteiger partial charge in [0.05, 0.1) is 0 Å². The highest BCUT2D eigenvalue weighted by Crippen LogP contribution is 2.80. The second kappa shape index (κ2) is 7.74. The van der Waals surface area contributed by atoms with Crippen molar-refractivity contribution in [2.75, 3.05) is 36.1 Å². The lowest BCUT2D eigenvalue weighted by Crippen LogP contribution is -2.60. The van der Waals surface area contributed by atoms with Crippen LogP contribution < -0.4 is 15.7 Å². The lowest BCUT2D eigenvalue weighted by Gasteiger charge is -2.61. The number of rotatable bonds is 1. The van der Waals surface area contributed by atoms with Crippen molar-refractivity contribution in [1.82, 2.24) is 0 Å². The smallest absolute Gasteiger partial charge is 0.330 e. The Morgan fingerprint density at radius 3 is 1.46 bits per heavy atom. The van der Waals surface area contributed by atoms with E-state index in [4.69, 9.17) is 0 Å². The molecule has 2 aliphatic heterocycles. The Labute approximate surface area is 226 Å². The fraction of sp³-hybridized carbons (Fsp3) is 0.273. The van der Waals surface area contributed by atoms with E-state index in [9.17, 15) is 0 Å². The van der Waals surface area contributed by atoms with Gasteiger partial charge in [0.1, 0.15) is 0 Å². The van der Waals surface area contributed by atoms with Crippen LogP contribution in [0, 0.1) is 27.7 Å². The Morgan fingerprint density at radius 2 is 1.03 bits per heavy atom. The number of fused-ring (bicyclic) bond motifs is 4. The molecule has 0 unspecified atom stereocenters. The Kier molecular flexibility index (Phi) is 5.18. The van der Waals surface area contributed by atoms with Gasteiger partial charge in [-0.3, -0.25) is 0 Å². The van der Waals surface area contributed by atoms with Gasteiger partial charge in [-0.25, -0.2) is 9.16 Å². The molecular weight excluding hydrogens is 485 g/mol. The molecule has 37 heavy (non-hydrogen) atoms. The van der Waals surface area contributed by atoms with Gasteiger partial charge in [-0.05, 0) is 114 Å². The Hall–Kier alpha value is -2.56. The topological polar surface area (TPSA) is 3.24 Å². The Morgan fingerprint density at radius 1 is 0.622 bits per heavy atom. The number of hydrogen-bond acceptors (Lipinski definition) is 1. The Balaban J connectivity index is 1.80. The molecule has 0 radical (unpaired) electrons. The zero-order valence-corrected chi connectivity index (χ0v) is 25.5. The SMILES string of the molecule is Cc1cc(C)c2c(c1)[SH](C)(C)(C)c1cc(C)cc(C)c1N2B1c2ccccc2S(C)(C)c2ccccc21. The summed E-state index contributed by atoms with van der Waals surface area (Å²) in [6, 6.07) is 28.3. The van der Waals surface area contributed by atoms with Gasteiger partial charge in [0.2, 0.25) is 0 Å². The van der Waals surface area contributed by atoms with Crippen LogP contribution in [0.2, 0.25) is 0 Å². The highest BCUT2D eigenvalue weighted by Gasteiger charge is 2.48. The Bertz CT molecular complexity index is 1500. The average Bonchev–Trinajstić information content (AvgIpc) is 2.81. The third-order valence-electron chi connectivity index (χ3n) is 8.80. The lowest BCUT2D eigenvalue weighted by molar-refractivity contribution is 1.11. The molecule has 0 aromatic heterocycles. The van der Waals surface area contributed by atoms with Crippen molar-refractivity contribution < 1.29 is 0 Å². The molecule has 0 aliphatic carbocycles. The van der Waals surface area contributed by atoms with Gasteiger partial charge >= 0.3 is 6.85 Å². The number of aryl methyl sites for hydroxylation is 4. The van der Waals surface area contributed by atoms with Crippen LogP contribution in [-0.2, 0) is 0 Å². The number of thiol groups is 1. The van der Waals surface area contributed by atoms with Gasteiger partial charge in [-0.15, -0.1) is 0 Å². The van der Waals surface area contributed by atoms with Gasteiger partial charge in [-0.2, -0.15) is 10.0 Å². The van der Waals surface area contributed by atoms with E-state index >= 15 is 0 Å². The van der Waals surface area contributed by atoms with E-state index in [1.54, 1.807) is 9.79 Å². The first-order valence-electron chi connectivity index (χ1n) is 13.3. The molecule has 2 heterocycles. The third-order valence-corrected chi connectivity index (χ3v) is 15.8. The van der Waals surface area contributed by atoms with E-state index in [0.29, 0.717) is 0 Å². The number of hydrogen-bond donors (Lipinski definition) is 1. The minimum atomic E-state index is -2.41. The molecule has 4 aromatic rings. The second-order valence-corrected chi connectivity index (χ2v) is 23.0. The maximum Gasteiger partial charge on any atom is 0.330 e. The highest BCUT2D eigenvalue weighted by atomic mass is 32.3. The number of benzene rings is 4. The standard InChI is InChI=1S/C33H40BNS2/c1-22-18-24(3)32-30(20-22)37(7,8,9)31-21-23(2)19-25(4)33(31)35(32)34-26-14-10-12-16-28(26)36(5,6)29-17-13-11-15-27(29)34/h10-21,37H,1-9H3. The van der Waals surface area contributed by atoms with Crippen LogP contribution >= 0.6 is 19.2 Å². The van der Waals surface area contributed by atoms with Crippen LogP contribution in [0.15, 0.2) is 92.4 Å². The summed E-state index contributed by atoms with van der Waals surface area (Å²) in [5.74, 6) is 0. The fourth-order valence-electron chi connectivity index (χ4n) is 7.10. The quantitative estimate of drug-likeness (QED) is 0.201. The van der Waals surface area contributed by atoms with E-state index < -0.39 is 19.2 Å². The molecule has 0 bridgehead atoms. The van der Waals surface area contributed by atoms with E-state index in [0.717, 1.165) is 0 Å². The lowest BCUT2D eigenvalue weighted by atomic mass is 9.48. The zero-order valence-electron chi connectivity index (χ0n) is 23.8. The normalized spacial score (nSPS) is 20.0. The van der Waals surface area contributed by atoms with E-state index in [1.165, 1.54) is 54.3 Å². The summed E-state index contributed by atoms with van der Waals surface area (Å²) in [6.07, 6.45) is 12.6. The predicted molar refractivity (Wildman–Crippen MR) is 171 cm³/mol. The van der Waals surface area contributed by atoms with Crippen molar-refractivity contribution in [1.29, 1.82) is 0 Å². The van der Waals surface area contributed by atoms with E-state index in [-0.39, 0.29) is 6.85 Å². The largest absolute Gasteiger partial charge is 0.375 e. The first-order chi connectivity index (χ1) is 17.3. The average molecular weight is 526 g/mol. The van der Waals surface area contributed by atoms with Crippen molar-refractivity contribution in [2.45, 2.75) is 47.3 Å². The fourth-order valence-corrected chi connectivity index (χ4v) is 13.3. The maximum absolute atomic E-state index is 2.75. The van der Waals surface area contributed by atoms with Gasteiger partial charge < -0.3 is 4.81 Å². The molecule has 4 aromatic carbocycles. The van der Waals surface area contributed by atoms with Gasteiger partial charge in [-0.1, -0.05) is 60.7 Å². The summed E-state index contributed by atoms with van der Waals surface area (Å²) in [5, 5.41) is 0. The van der Waals surface area contributed by atoms with Crippen LogP contribution in [0.25, 0.3) is 0 Å². The molecule has 0 saturated heterocycles. The molecule has 0 fully saturated rings. The zero-order chi connectivity index (χ0) is 26.5. The summed E-state index contributed by atoms with van der Waals surface area (Å²) in [5.41, 5.74) is 11.3. The first kappa shape index (κ1) is 24.8. The number of nitrogens with zero attached hydrogens (tertiary/aromatic N) is 1. The van der Waals surface area contributed by atoms with Gasteiger partial charge in [0.25, 0.3) is 0 Å². The second-order valence-electron chi connectivity index (χ2n) is 12.9. The summed E-state index contributed by atoms with van der Waals surface area (Å²) in [6.45, 7) is 9.32. The molecule has 6 rings (SSSR count). The molecule has 0 amide bonds. The molecule has 2 aliphatic rings. The van der Waals surface area contributed by atoms with Crippen LogP contribution in [-0.4, -0.2) is 38.1 Å². The van der Waals surface area contributed by atoms with E-state index in [1.807, 2.05) is 0 Å². The maximum atomic E-state index is 2.75. The molecule has 1 nitrogen and oxygen atoms in total. The molecule has 0 atom stereocenters. The molecular formula is C33H40BNS2. The minimum absolute atomic E-state index is 0.139. The monoisotopic (exact) mass is 525 g/mol. The summed E-state index contributed by atoms with van der Waals surface area (Å²) < 4.78 is 0. The van der Waals surface area contributed by atoms with Gasteiger partial charge in [0, 0.05) is 21.2 Å². The molecule has 0 spiro atoms. The van der Waals surface area contributed by atoms with Crippen LogP contribution in [0.5, 0.6) is 0 Å². The van der Waals surface area contributed by atoms with Crippen LogP contribution in [0.4, 0.5) is 11.4 Å². The first-order valence-corrected chi connectivity index (χ1v) is 19.3. The third kappa shape index (κ3) is 3.34. The molecule has 4 heteroatoms. The summed E-state index contributed by atoms with van der Waals surface area (Å²) in [7, 11) is -3.53. The summed E-state index contributed by atoms with van der Waals surface area (Å²) >= 11 is 0. The van der Waals surface area contributed by atoms with Gasteiger partial charge in [0.15, 0.2) is 0 Å². The molecule has 192 valence electrons. The summed E-state index contributed by atoms with van der Waals surface area (Å²) in [4.78, 5) is 8.89. The van der Waals surface area contributed by atoms with Crippen LogP contribution in [0.3, 0.4) is 0 Å². The highest BCUT2D eigenvalue weighted by molar-refractivity contribution is 8.48. The van der Waals surface area contributed by atoms with Crippen molar-refractivity contribution in [3.63, 3.8) is 0 Å². The van der Waals surface area contributed by atoms with Crippen LogP contribution in [0.1, 0.15) is 22.3 Å². The van der Waals surface area contributed by atoms with E-state index in [2.05, 4.69) is 137 Å².